The van der Waals surface area contributed by atoms with Crippen molar-refractivity contribution in [1.29, 1.82) is 0 Å². The molecule has 0 heterocycles. The number of carbonyl (C=O) groups is 1. The van der Waals surface area contributed by atoms with Gasteiger partial charge in [-0.15, -0.1) is 0 Å². The number of methoxy groups -OCH3 is 1. The van der Waals surface area contributed by atoms with Crippen LogP contribution in [0.15, 0.2) is 0 Å². The summed E-state index contributed by atoms with van der Waals surface area (Å²) in [6.07, 6.45) is 0. The fourth-order valence-corrected chi connectivity index (χ4v) is 1.10. The molecule has 0 spiro atoms. The standard InChI is InChI=1S/C5H12N2O6S/c1-12-3-2-6-14(10,11)7-13-4-5(8)9/h6-7H,2-4H2,1H3,(H,8,9). The second kappa shape index (κ2) is 6.68. The van der Waals surface area contributed by atoms with Gasteiger partial charge in [-0.05, 0) is 0 Å². The summed E-state index contributed by atoms with van der Waals surface area (Å²) in [5.41, 5.74) is 0. The van der Waals surface area contributed by atoms with Crippen LogP contribution in [-0.4, -0.2) is 46.4 Å². The first-order chi connectivity index (χ1) is 6.48. The third-order valence-corrected chi connectivity index (χ3v) is 1.88. The number of aliphatic carboxylic acids is 1. The second-order valence-corrected chi connectivity index (χ2v) is 3.62. The largest absolute Gasteiger partial charge is 0.479 e. The topological polar surface area (TPSA) is 114 Å². The summed E-state index contributed by atoms with van der Waals surface area (Å²) in [5, 5.41) is 8.12. The second-order valence-electron chi connectivity index (χ2n) is 2.16. The molecular formula is C5H12N2O6S. The van der Waals surface area contributed by atoms with E-state index in [0.29, 0.717) is 0 Å². The van der Waals surface area contributed by atoms with E-state index in [-0.39, 0.29) is 13.2 Å². The van der Waals surface area contributed by atoms with Gasteiger partial charge >= 0.3 is 5.97 Å². The van der Waals surface area contributed by atoms with Crippen molar-refractivity contribution < 1.29 is 27.9 Å². The summed E-state index contributed by atoms with van der Waals surface area (Å²) in [7, 11) is -2.40. The lowest BCUT2D eigenvalue weighted by Gasteiger charge is -2.06. The Hall–Kier alpha value is -0.740. The maximum Gasteiger partial charge on any atom is 0.331 e. The minimum atomic E-state index is -3.82. The third kappa shape index (κ3) is 7.89. The number of hydrogen-bond donors (Lipinski definition) is 3. The van der Waals surface area contributed by atoms with E-state index in [2.05, 4.69) is 14.3 Å². The molecule has 8 nitrogen and oxygen atoms in total. The van der Waals surface area contributed by atoms with Crippen molar-refractivity contribution in [3.05, 3.63) is 0 Å². The molecule has 0 atom stereocenters. The van der Waals surface area contributed by atoms with Gasteiger partial charge in [-0.1, -0.05) is 4.89 Å². The number of nitrogens with one attached hydrogen (secondary N) is 2. The van der Waals surface area contributed by atoms with E-state index in [4.69, 9.17) is 5.11 Å². The minimum absolute atomic E-state index is 0.0717. The van der Waals surface area contributed by atoms with E-state index in [1.165, 1.54) is 7.11 Å². The highest BCUT2D eigenvalue weighted by Gasteiger charge is 2.09. The molecule has 3 N–H and O–H groups in total. The Bertz CT molecular complexity index is 263. The van der Waals surface area contributed by atoms with Crippen LogP contribution in [0.5, 0.6) is 0 Å². The average molecular weight is 228 g/mol. The molecule has 0 saturated carbocycles. The van der Waals surface area contributed by atoms with Crippen LogP contribution in [-0.2, 0) is 24.6 Å². The molecule has 0 aromatic heterocycles. The van der Waals surface area contributed by atoms with Crippen molar-refractivity contribution in [1.82, 2.24) is 9.61 Å². The molecule has 0 saturated heterocycles. The molecule has 9 heteroatoms. The summed E-state index contributed by atoms with van der Waals surface area (Å²) in [6.45, 7) is -0.465. The van der Waals surface area contributed by atoms with Crippen molar-refractivity contribution in [2.75, 3.05) is 26.9 Å². The zero-order valence-electron chi connectivity index (χ0n) is 7.52. The van der Waals surface area contributed by atoms with Crippen LogP contribution in [0.3, 0.4) is 0 Å². The molecule has 0 aliphatic carbocycles. The van der Waals surface area contributed by atoms with Gasteiger partial charge in [0.2, 0.25) is 0 Å². The van der Waals surface area contributed by atoms with E-state index in [1.54, 1.807) is 4.89 Å². The molecule has 0 amide bonds. The molecule has 0 aromatic rings. The Morgan fingerprint density at radius 3 is 2.64 bits per heavy atom. The molecule has 84 valence electrons. The number of rotatable bonds is 8. The first kappa shape index (κ1) is 13.3. The molecular weight excluding hydrogens is 216 g/mol. The van der Waals surface area contributed by atoms with Gasteiger partial charge < -0.3 is 9.84 Å². The lowest BCUT2D eigenvalue weighted by molar-refractivity contribution is -0.143. The zero-order valence-corrected chi connectivity index (χ0v) is 8.33. The first-order valence-electron chi connectivity index (χ1n) is 3.57. The molecule has 0 aliphatic heterocycles. The van der Waals surface area contributed by atoms with Gasteiger partial charge in [0.1, 0.15) is 0 Å². The first-order valence-corrected chi connectivity index (χ1v) is 5.05. The average Bonchev–Trinajstić information content (AvgIpc) is 2.03. The van der Waals surface area contributed by atoms with Crippen LogP contribution >= 0.6 is 0 Å². The Morgan fingerprint density at radius 2 is 2.14 bits per heavy atom. The summed E-state index contributed by atoms with van der Waals surface area (Å²) in [4.78, 5) is 15.7. The van der Waals surface area contributed by atoms with Gasteiger partial charge in [0, 0.05) is 13.7 Å². The van der Waals surface area contributed by atoms with Crippen molar-refractivity contribution in [3.63, 3.8) is 0 Å². The number of carboxylic acid groups (broad SMARTS) is 1. The third-order valence-electron chi connectivity index (χ3n) is 0.963. The molecule has 0 aliphatic rings. The van der Waals surface area contributed by atoms with Gasteiger partial charge in [-0.3, -0.25) is 4.84 Å². The van der Waals surface area contributed by atoms with Gasteiger partial charge in [0.15, 0.2) is 6.61 Å². The van der Waals surface area contributed by atoms with E-state index in [1.807, 2.05) is 0 Å². The number of carboxylic acids is 1. The molecule has 0 fully saturated rings. The Labute approximate surface area is 81.3 Å². The van der Waals surface area contributed by atoms with Crippen LogP contribution < -0.4 is 9.61 Å². The van der Waals surface area contributed by atoms with Gasteiger partial charge in [0.05, 0.1) is 6.61 Å². The summed E-state index contributed by atoms with van der Waals surface area (Å²) < 4.78 is 28.4. The maximum atomic E-state index is 10.9. The predicted molar refractivity (Wildman–Crippen MR) is 45.5 cm³/mol. The van der Waals surface area contributed by atoms with Gasteiger partial charge in [-0.25, -0.2) is 4.79 Å². The number of hydrogen-bond acceptors (Lipinski definition) is 5. The van der Waals surface area contributed by atoms with Gasteiger partial charge in [0.25, 0.3) is 10.2 Å². The quantitative estimate of drug-likeness (QED) is 0.329. The molecule has 0 bridgehead atoms. The lowest BCUT2D eigenvalue weighted by Crippen LogP contribution is -2.39. The molecule has 0 radical (unpaired) electrons. The maximum absolute atomic E-state index is 10.9. The lowest BCUT2D eigenvalue weighted by atomic mass is 10.7. The van der Waals surface area contributed by atoms with Crippen molar-refractivity contribution in [2.24, 2.45) is 0 Å². The van der Waals surface area contributed by atoms with Crippen molar-refractivity contribution >= 4 is 16.2 Å². The van der Waals surface area contributed by atoms with Gasteiger partial charge in [-0.2, -0.15) is 13.1 Å². The summed E-state index contributed by atoms with van der Waals surface area (Å²) in [5.74, 6) is -1.27. The highest BCUT2D eigenvalue weighted by atomic mass is 32.2. The molecule has 14 heavy (non-hydrogen) atoms. The normalized spacial score (nSPS) is 11.5. The van der Waals surface area contributed by atoms with Crippen molar-refractivity contribution in [2.45, 2.75) is 0 Å². The predicted octanol–water partition coefficient (Wildman–Crippen LogP) is -1.93. The zero-order chi connectivity index (χ0) is 11.0. The summed E-state index contributed by atoms with van der Waals surface area (Å²) >= 11 is 0. The molecule has 0 rings (SSSR count). The van der Waals surface area contributed by atoms with E-state index >= 15 is 0 Å². The van der Waals surface area contributed by atoms with Crippen LogP contribution in [0.25, 0.3) is 0 Å². The van der Waals surface area contributed by atoms with Crippen LogP contribution in [0.1, 0.15) is 0 Å². The smallest absolute Gasteiger partial charge is 0.331 e. The fourth-order valence-electron chi connectivity index (χ4n) is 0.476. The highest BCUT2D eigenvalue weighted by molar-refractivity contribution is 7.87. The SMILES string of the molecule is COCCNS(=O)(=O)NOCC(=O)O. The van der Waals surface area contributed by atoms with E-state index < -0.39 is 22.8 Å². The molecule has 0 unspecified atom stereocenters. The Morgan fingerprint density at radius 1 is 1.50 bits per heavy atom. The van der Waals surface area contributed by atoms with E-state index in [0.717, 1.165) is 0 Å². The minimum Gasteiger partial charge on any atom is -0.479 e. The Kier molecular flexibility index (Phi) is 6.32. The highest BCUT2D eigenvalue weighted by Crippen LogP contribution is 1.78. The van der Waals surface area contributed by atoms with Crippen LogP contribution in [0.4, 0.5) is 0 Å². The number of ether oxygens (including phenoxy) is 1. The monoisotopic (exact) mass is 228 g/mol. The summed E-state index contributed by atoms with van der Waals surface area (Å²) in [6, 6.07) is 0. The van der Waals surface area contributed by atoms with Crippen LogP contribution in [0, 0.1) is 0 Å². The van der Waals surface area contributed by atoms with E-state index in [9.17, 15) is 13.2 Å². The molecule has 0 aromatic carbocycles. The van der Waals surface area contributed by atoms with Crippen molar-refractivity contribution in [3.8, 4) is 0 Å². The fraction of sp³-hybridized carbons (Fsp3) is 0.800. The van der Waals surface area contributed by atoms with Crippen LogP contribution in [0.2, 0.25) is 0 Å². The Balaban J connectivity index is 3.67.